The lowest BCUT2D eigenvalue weighted by Crippen LogP contribution is -2.49. The minimum atomic E-state index is -0.866. The summed E-state index contributed by atoms with van der Waals surface area (Å²) in [6, 6.07) is 16.0. The van der Waals surface area contributed by atoms with Crippen LogP contribution in [0.2, 0.25) is 0 Å². The SMILES string of the molecule is CC(=O)Nc1ccc2c(COC(=O)C3Cc4ccccc4CN3C(=O)c3ccco3)cc(=O)oc2c1. The highest BCUT2D eigenvalue weighted by Crippen LogP contribution is 2.27. The van der Waals surface area contributed by atoms with Crippen LogP contribution < -0.4 is 10.9 Å². The number of hydrogen-bond acceptors (Lipinski definition) is 7. The number of anilines is 1. The van der Waals surface area contributed by atoms with E-state index in [1.807, 2.05) is 24.3 Å². The van der Waals surface area contributed by atoms with E-state index in [0.29, 0.717) is 23.1 Å². The Labute approximate surface area is 205 Å². The molecule has 0 fully saturated rings. The molecule has 0 bridgehead atoms. The lowest BCUT2D eigenvalue weighted by Gasteiger charge is -2.34. The number of rotatable bonds is 5. The molecule has 36 heavy (non-hydrogen) atoms. The molecule has 1 N–H and O–H groups in total. The van der Waals surface area contributed by atoms with Gasteiger partial charge in [-0.25, -0.2) is 9.59 Å². The first kappa shape index (κ1) is 23.1. The average Bonchev–Trinajstić information content (AvgIpc) is 3.40. The van der Waals surface area contributed by atoms with Gasteiger partial charge in [0.15, 0.2) is 5.76 Å². The standard InChI is InChI=1S/C27H22N2O7/c1-16(30)28-20-8-9-21-19(12-25(31)36-24(21)13-20)15-35-27(33)22-11-17-5-2-3-6-18(17)14-29(22)26(32)23-7-4-10-34-23/h2-10,12-13,22H,11,14-15H2,1H3,(H,28,30). The molecule has 182 valence electrons. The Balaban J connectivity index is 1.40. The predicted octanol–water partition coefficient (Wildman–Crippen LogP) is 3.65. The summed E-state index contributed by atoms with van der Waals surface area (Å²) in [5.74, 6) is -1.13. The first-order chi connectivity index (χ1) is 17.4. The summed E-state index contributed by atoms with van der Waals surface area (Å²) >= 11 is 0. The van der Waals surface area contributed by atoms with E-state index < -0.39 is 23.5 Å². The normalized spacial score (nSPS) is 14.8. The maximum atomic E-state index is 13.3. The fourth-order valence-corrected chi connectivity index (χ4v) is 4.36. The van der Waals surface area contributed by atoms with Crippen LogP contribution in [0.1, 0.15) is 34.2 Å². The smallest absolute Gasteiger partial charge is 0.336 e. The number of amides is 2. The van der Waals surface area contributed by atoms with Crippen molar-refractivity contribution in [2.24, 2.45) is 0 Å². The van der Waals surface area contributed by atoms with E-state index in [0.717, 1.165) is 11.1 Å². The van der Waals surface area contributed by atoms with E-state index in [1.165, 1.54) is 30.2 Å². The molecule has 1 aliphatic heterocycles. The number of carbonyl (C=O) groups excluding carboxylic acids is 3. The van der Waals surface area contributed by atoms with E-state index in [9.17, 15) is 19.2 Å². The molecule has 0 aliphatic carbocycles. The van der Waals surface area contributed by atoms with Gasteiger partial charge in [0.1, 0.15) is 18.2 Å². The molecule has 1 atom stereocenters. The number of furan rings is 1. The van der Waals surface area contributed by atoms with E-state index >= 15 is 0 Å². The minimum Gasteiger partial charge on any atom is -0.459 e. The molecule has 1 unspecified atom stereocenters. The molecule has 0 saturated heterocycles. The highest BCUT2D eigenvalue weighted by atomic mass is 16.5. The Morgan fingerprint density at radius 2 is 1.86 bits per heavy atom. The molecule has 0 spiro atoms. The third kappa shape index (κ3) is 4.63. The van der Waals surface area contributed by atoms with E-state index in [2.05, 4.69) is 5.32 Å². The third-order valence-electron chi connectivity index (χ3n) is 6.03. The largest absolute Gasteiger partial charge is 0.459 e. The number of esters is 1. The first-order valence-electron chi connectivity index (χ1n) is 11.3. The van der Waals surface area contributed by atoms with Crippen LogP contribution in [0.4, 0.5) is 5.69 Å². The Kier molecular flexibility index (Phi) is 6.12. The monoisotopic (exact) mass is 486 g/mol. The van der Waals surface area contributed by atoms with Crippen LogP contribution in [-0.4, -0.2) is 28.7 Å². The highest BCUT2D eigenvalue weighted by molar-refractivity contribution is 5.95. The maximum absolute atomic E-state index is 13.3. The topological polar surface area (TPSA) is 119 Å². The van der Waals surface area contributed by atoms with Crippen molar-refractivity contribution in [3.8, 4) is 0 Å². The van der Waals surface area contributed by atoms with Gasteiger partial charge in [0.2, 0.25) is 5.91 Å². The van der Waals surface area contributed by atoms with Crippen LogP contribution in [0.15, 0.2) is 80.6 Å². The molecule has 0 radical (unpaired) electrons. The second kappa shape index (κ2) is 9.53. The molecule has 9 heteroatoms. The van der Waals surface area contributed by atoms with E-state index in [-0.39, 0.29) is 30.4 Å². The van der Waals surface area contributed by atoms with Crippen LogP contribution in [0.25, 0.3) is 11.0 Å². The van der Waals surface area contributed by atoms with Crippen molar-refractivity contribution >= 4 is 34.4 Å². The van der Waals surface area contributed by atoms with E-state index in [4.69, 9.17) is 13.6 Å². The van der Waals surface area contributed by atoms with Crippen molar-refractivity contribution < 1.29 is 28.0 Å². The number of ether oxygens (including phenoxy) is 1. The Morgan fingerprint density at radius 3 is 2.61 bits per heavy atom. The zero-order valence-corrected chi connectivity index (χ0v) is 19.4. The second-order valence-corrected chi connectivity index (χ2v) is 8.49. The van der Waals surface area contributed by atoms with Gasteiger partial charge in [0.05, 0.1) is 6.26 Å². The van der Waals surface area contributed by atoms with E-state index in [1.54, 1.807) is 24.3 Å². The van der Waals surface area contributed by atoms with Crippen LogP contribution >= 0.6 is 0 Å². The summed E-state index contributed by atoms with van der Waals surface area (Å²) in [6.07, 6.45) is 1.70. The quantitative estimate of drug-likeness (QED) is 0.338. The summed E-state index contributed by atoms with van der Waals surface area (Å²) < 4.78 is 16.2. The van der Waals surface area contributed by atoms with Crippen molar-refractivity contribution in [3.63, 3.8) is 0 Å². The summed E-state index contributed by atoms with van der Waals surface area (Å²) in [5, 5.41) is 3.20. The van der Waals surface area contributed by atoms with Gasteiger partial charge in [-0.1, -0.05) is 24.3 Å². The average molecular weight is 486 g/mol. The van der Waals surface area contributed by atoms with Crippen LogP contribution in [-0.2, 0) is 33.9 Å². The molecule has 2 amide bonds. The molecule has 0 saturated carbocycles. The number of nitrogens with one attached hydrogen (secondary N) is 1. The molecule has 3 heterocycles. The first-order valence-corrected chi connectivity index (χ1v) is 11.3. The van der Waals surface area contributed by atoms with Gasteiger partial charge >= 0.3 is 11.6 Å². The van der Waals surface area contributed by atoms with Crippen molar-refractivity contribution in [2.75, 3.05) is 5.32 Å². The Bertz CT molecular complexity index is 1520. The Morgan fingerprint density at radius 1 is 1.06 bits per heavy atom. The second-order valence-electron chi connectivity index (χ2n) is 8.49. The molecule has 4 aromatic rings. The minimum absolute atomic E-state index is 0.133. The lowest BCUT2D eigenvalue weighted by molar-refractivity contribution is -0.151. The van der Waals surface area contributed by atoms with Gasteiger partial charge in [-0.15, -0.1) is 0 Å². The zero-order chi connectivity index (χ0) is 25.2. The third-order valence-corrected chi connectivity index (χ3v) is 6.03. The molecular weight excluding hydrogens is 464 g/mol. The summed E-state index contributed by atoms with van der Waals surface area (Å²) in [4.78, 5) is 51.3. The lowest BCUT2D eigenvalue weighted by atomic mass is 9.93. The van der Waals surface area contributed by atoms with Crippen molar-refractivity contribution in [1.29, 1.82) is 0 Å². The van der Waals surface area contributed by atoms with Gasteiger partial charge in [-0.05, 0) is 35.4 Å². The molecule has 9 nitrogen and oxygen atoms in total. The zero-order valence-electron chi connectivity index (χ0n) is 19.4. The van der Waals surface area contributed by atoms with Crippen LogP contribution in [0.5, 0.6) is 0 Å². The highest BCUT2D eigenvalue weighted by Gasteiger charge is 2.37. The van der Waals surface area contributed by atoms with Crippen molar-refractivity contribution in [1.82, 2.24) is 4.90 Å². The number of nitrogens with zero attached hydrogens (tertiary/aromatic N) is 1. The van der Waals surface area contributed by atoms with Crippen LogP contribution in [0, 0.1) is 0 Å². The number of carbonyl (C=O) groups is 3. The molecule has 2 aromatic carbocycles. The summed E-state index contributed by atoms with van der Waals surface area (Å²) in [6.45, 7) is 1.42. The predicted molar refractivity (Wildman–Crippen MR) is 129 cm³/mol. The maximum Gasteiger partial charge on any atom is 0.336 e. The number of fused-ring (bicyclic) bond motifs is 2. The molecule has 5 rings (SSSR count). The molecule has 2 aromatic heterocycles. The molecular formula is C27H22N2O7. The number of benzene rings is 2. The van der Waals surface area contributed by atoms with Gasteiger partial charge in [-0.3, -0.25) is 9.59 Å². The van der Waals surface area contributed by atoms with Crippen molar-refractivity contribution in [3.05, 3.63) is 99.8 Å². The number of hydrogen-bond donors (Lipinski definition) is 1. The fourth-order valence-electron chi connectivity index (χ4n) is 4.36. The van der Waals surface area contributed by atoms with Gasteiger partial charge < -0.3 is 23.8 Å². The van der Waals surface area contributed by atoms with Gasteiger partial charge in [0, 0.05) is 48.7 Å². The van der Waals surface area contributed by atoms with Crippen molar-refractivity contribution in [2.45, 2.75) is 32.5 Å². The molecule has 1 aliphatic rings. The van der Waals surface area contributed by atoms with Gasteiger partial charge in [-0.2, -0.15) is 0 Å². The van der Waals surface area contributed by atoms with Crippen LogP contribution in [0.3, 0.4) is 0 Å². The van der Waals surface area contributed by atoms with Gasteiger partial charge in [0.25, 0.3) is 5.91 Å². The summed E-state index contributed by atoms with van der Waals surface area (Å²) in [5.41, 5.74) is 2.46. The fraction of sp³-hybridized carbons (Fsp3) is 0.185. The summed E-state index contributed by atoms with van der Waals surface area (Å²) in [7, 11) is 0. The Hall–Kier alpha value is -4.66.